The van der Waals surface area contributed by atoms with E-state index in [0.29, 0.717) is 29.1 Å². The average Bonchev–Trinajstić information content (AvgIpc) is 3.34. The van der Waals surface area contributed by atoms with E-state index in [9.17, 15) is 9.18 Å². The zero-order valence-corrected chi connectivity index (χ0v) is 18.8. The van der Waals surface area contributed by atoms with Crippen LogP contribution in [0.1, 0.15) is 24.1 Å². The molecule has 1 N–H and O–H groups in total. The molecule has 2 aliphatic heterocycles. The average molecular weight is 450 g/mol. The Bertz CT molecular complexity index is 1150. The van der Waals surface area contributed by atoms with Gasteiger partial charge in [-0.1, -0.05) is 12.1 Å². The lowest BCUT2D eigenvalue weighted by Gasteiger charge is -2.29. The van der Waals surface area contributed by atoms with Gasteiger partial charge >= 0.3 is 0 Å². The van der Waals surface area contributed by atoms with E-state index in [-0.39, 0.29) is 17.8 Å². The van der Waals surface area contributed by atoms with Crippen molar-refractivity contribution in [2.45, 2.75) is 32.4 Å². The SMILES string of the molecule is Cc1nc(N2CCCC2C(=O)NCc2ccc(N3CCOCC3)cc2)nc2ccc(F)cc12. The Kier molecular flexibility index (Phi) is 6.09. The first-order valence-electron chi connectivity index (χ1n) is 11.5. The lowest BCUT2D eigenvalue weighted by Crippen LogP contribution is -2.43. The Morgan fingerprint density at radius 2 is 1.91 bits per heavy atom. The van der Waals surface area contributed by atoms with Gasteiger partial charge in [-0.15, -0.1) is 0 Å². The molecule has 1 atom stereocenters. The number of benzene rings is 2. The smallest absolute Gasteiger partial charge is 0.243 e. The number of aromatic nitrogens is 2. The normalized spacial score (nSPS) is 18.7. The van der Waals surface area contributed by atoms with Gasteiger partial charge in [0.25, 0.3) is 0 Å². The molecule has 2 aliphatic rings. The van der Waals surface area contributed by atoms with Crippen molar-refractivity contribution >= 4 is 28.4 Å². The standard InChI is InChI=1S/C25H28FN5O2/c1-17-21-15-19(26)6-9-22(21)29-25(28-17)31-10-2-3-23(31)24(32)27-16-18-4-7-20(8-5-18)30-11-13-33-14-12-30/h4-9,15,23H,2-3,10-14,16H2,1H3,(H,27,32). The Hall–Kier alpha value is -3.26. The molecular weight excluding hydrogens is 421 g/mol. The number of morpholine rings is 1. The molecule has 2 saturated heterocycles. The van der Waals surface area contributed by atoms with Crippen LogP contribution in [-0.2, 0) is 16.1 Å². The Labute approximate surface area is 192 Å². The number of amides is 1. The summed E-state index contributed by atoms with van der Waals surface area (Å²) in [4.78, 5) is 26.5. The van der Waals surface area contributed by atoms with Crippen LogP contribution in [0.4, 0.5) is 16.0 Å². The Morgan fingerprint density at radius 3 is 2.70 bits per heavy atom. The summed E-state index contributed by atoms with van der Waals surface area (Å²) in [5.74, 6) is 0.197. The first-order chi connectivity index (χ1) is 16.1. The first kappa shape index (κ1) is 21.6. The van der Waals surface area contributed by atoms with Crippen LogP contribution in [0, 0.1) is 12.7 Å². The third kappa shape index (κ3) is 4.61. The minimum Gasteiger partial charge on any atom is -0.378 e. The fourth-order valence-electron chi connectivity index (χ4n) is 4.60. The lowest BCUT2D eigenvalue weighted by molar-refractivity contribution is -0.122. The third-order valence-electron chi connectivity index (χ3n) is 6.43. The monoisotopic (exact) mass is 449 g/mol. The number of carbonyl (C=O) groups is 1. The largest absolute Gasteiger partial charge is 0.378 e. The molecule has 5 rings (SSSR count). The molecule has 1 aromatic heterocycles. The van der Waals surface area contributed by atoms with Crippen LogP contribution in [0.2, 0.25) is 0 Å². The quantitative estimate of drug-likeness (QED) is 0.645. The van der Waals surface area contributed by atoms with Crippen molar-refractivity contribution in [3.63, 3.8) is 0 Å². The van der Waals surface area contributed by atoms with Crippen LogP contribution in [0.3, 0.4) is 0 Å². The second-order valence-corrected chi connectivity index (χ2v) is 8.61. The van der Waals surface area contributed by atoms with Crippen LogP contribution < -0.4 is 15.1 Å². The molecule has 0 spiro atoms. The molecule has 7 nitrogen and oxygen atoms in total. The third-order valence-corrected chi connectivity index (χ3v) is 6.43. The maximum atomic E-state index is 13.6. The Balaban J connectivity index is 1.25. The molecular formula is C25H28FN5O2. The summed E-state index contributed by atoms with van der Waals surface area (Å²) in [6.07, 6.45) is 1.65. The highest BCUT2D eigenvalue weighted by Crippen LogP contribution is 2.26. The fourth-order valence-corrected chi connectivity index (χ4v) is 4.60. The van der Waals surface area contributed by atoms with Gasteiger partial charge in [0.2, 0.25) is 11.9 Å². The molecule has 8 heteroatoms. The highest BCUT2D eigenvalue weighted by molar-refractivity contribution is 5.86. The number of hydrogen-bond donors (Lipinski definition) is 1. The molecule has 0 radical (unpaired) electrons. The number of halogens is 1. The molecule has 3 heterocycles. The minimum atomic E-state index is -0.310. The lowest BCUT2D eigenvalue weighted by atomic mass is 10.1. The van der Waals surface area contributed by atoms with E-state index < -0.39 is 0 Å². The first-order valence-corrected chi connectivity index (χ1v) is 11.5. The fraction of sp³-hybridized carbons (Fsp3) is 0.400. The highest BCUT2D eigenvalue weighted by Gasteiger charge is 2.32. The molecule has 1 unspecified atom stereocenters. The molecule has 3 aromatic rings. The van der Waals surface area contributed by atoms with E-state index in [0.717, 1.165) is 51.3 Å². The predicted molar refractivity (Wildman–Crippen MR) is 126 cm³/mol. The van der Waals surface area contributed by atoms with E-state index in [2.05, 4.69) is 44.5 Å². The molecule has 33 heavy (non-hydrogen) atoms. The molecule has 2 fully saturated rings. The summed E-state index contributed by atoms with van der Waals surface area (Å²) >= 11 is 0. The molecule has 0 bridgehead atoms. The molecule has 2 aromatic carbocycles. The summed E-state index contributed by atoms with van der Waals surface area (Å²) in [5.41, 5.74) is 3.63. The number of ether oxygens (including phenoxy) is 1. The second kappa shape index (κ2) is 9.31. The number of rotatable bonds is 5. The highest BCUT2D eigenvalue weighted by atomic mass is 19.1. The molecule has 172 valence electrons. The van der Waals surface area contributed by atoms with Gasteiger partial charge in [-0.05, 0) is 55.7 Å². The maximum absolute atomic E-state index is 13.6. The van der Waals surface area contributed by atoms with Gasteiger partial charge in [0.15, 0.2) is 0 Å². The Morgan fingerprint density at radius 1 is 1.12 bits per heavy atom. The van der Waals surface area contributed by atoms with Gasteiger partial charge in [-0.3, -0.25) is 4.79 Å². The second-order valence-electron chi connectivity index (χ2n) is 8.61. The summed E-state index contributed by atoms with van der Waals surface area (Å²) in [7, 11) is 0. The van der Waals surface area contributed by atoms with E-state index in [1.165, 1.54) is 17.8 Å². The van der Waals surface area contributed by atoms with Gasteiger partial charge in [0.05, 0.1) is 24.4 Å². The van der Waals surface area contributed by atoms with Gasteiger partial charge in [0, 0.05) is 37.3 Å². The van der Waals surface area contributed by atoms with Crippen LogP contribution in [0.25, 0.3) is 10.9 Å². The minimum absolute atomic E-state index is 0.0230. The molecule has 0 saturated carbocycles. The summed E-state index contributed by atoms with van der Waals surface area (Å²) < 4.78 is 19.0. The van der Waals surface area contributed by atoms with Gasteiger partial charge in [-0.25, -0.2) is 14.4 Å². The van der Waals surface area contributed by atoms with Crippen molar-refractivity contribution in [2.75, 3.05) is 42.6 Å². The van der Waals surface area contributed by atoms with Crippen molar-refractivity contribution in [3.05, 3.63) is 59.5 Å². The maximum Gasteiger partial charge on any atom is 0.243 e. The van der Waals surface area contributed by atoms with Crippen molar-refractivity contribution < 1.29 is 13.9 Å². The summed E-state index contributed by atoms with van der Waals surface area (Å²) in [6.45, 7) is 6.36. The van der Waals surface area contributed by atoms with Crippen LogP contribution in [-0.4, -0.2) is 54.8 Å². The van der Waals surface area contributed by atoms with Crippen molar-refractivity contribution in [1.82, 2.24) is 15.3 Å². The predicted octanol–water partition coefficient (Wildman–Crippen LogP) is 3.20. The van der Waals surface area contributed by atoms with E-state index in [1.54, 1.807) is 6.07 Å². The van der Waals surface area contributed by atoms with E-state index in [1.807, 2.05) is 11.8 Å². The number of anilines is 2. The van der Waals surface area contributed by atoms with Crippen molar-refractivity contribution in [1.29, 1.82) is 0 Å². The molecule has 1 amide bonds. The number of carbonyl (C=O) groups excluding carboxylic acids is 1. The van der Waals surface area contributed by atoms with E-state index in [4.69, 9.17) is 4.74 Å². The zero-order valence-electron chi connectivity index (χ0n) is 18.8. The van der Waals surface area contributed by atoms with Gasteiger partial charge in [0.1, 0.15) is 11.9 Å². The number of nitrogens with zero attached hydrogens (tertiary/aromatic N) is 4. The number of nitrogens with one attached hydrogen (secondary N) is 1. The van der Waals surface area contributed by atoms with Crippen molar-refractivity contribution in [2.24, 2.45) is 0 Å². The van der Waals surface area contributed by atoms with Crippen LogP contribution in [0.15, 0.2) is 42.5 Å². The number of hydrogen-bond acceptors (Lipinski definition) is 6. The topological polar surface area (TPSA) is 70.6 Å². The number of fused-ring (bicyclic) bond motifs is 1. The molecule has 0 aliphatic carbocycles. The van der Waals surface area contributed by atoms with Gasteiger partial charge in [-0.2, -0.15) is 0 Å². The van der Waals surface area contributed by atoms with Gasteiger partial charge < -0.3 is 19.9 Å². The van der Waals surface area contributed by atoms with Crippen LogP contribution in [0.5, 0.6) is 0 Å². The summed E-state index contributed by atoms with van der Waals surface area (Å²) in [6, 6.07) is 12.5. The summed E-state index contributed by atoms with van der Waals surface area (Å²) in [5, 5.41) is 3.77. The zero-order chi connectivity index (χ0) is 22.8. The number of aryl methyl sites for hydroxylation is 1. The van der Waals surface area contributed by atoms with E-state index >= 15 is 0 Å². The van der Waals surface area contributed by atoms with Crippen LogP contribution >= 0.6 is 0 Å². The van der Waals surface area contributed by atoms with Crippen molar-refractivity contribution in [3.8, 4) is 0 Å².